The first kappa shape index (κ1) is 23.7. The molecule has 1 aliphatic heterocycles. The summed E-state index contributed by atoms with van der Waals surface area (Å²) in [6.45, 7) is -0.731. The Bertz CT molecular complexity index is 1260. The molecule has 0 saturated carbocycles. The number of aliphatic hydroxyl groups excluding tert-OH is 1. The van der Waals surface area contributed by atoms with E-state index in [4.69, 9.17) is 11.6 Å². The Balaban J connectivity index is 1.63. The second-order valence-corrected chi connectivity index (χ2v) is 7.99. The molecule has 34 heavy (non-hydrogen) atoms. The zero-order valence-corrected chi connectivity index (χ0v) is 18.4. The van der Waals surface area contributed by atoms with Crippen molar-refractivity contribution in [2.24, 2.45) is 4.99 Å². The number of aliphatic hydroxyl groups is 1. The van der Waals surface area contributed by atoms with Crippen LogP contribution in [0, 0.1) is 5.82 Å². The van der Waals surface area contributed by atoms with Crippen LogP contribution >= 0.6 is 11.6 Å². The highest BCUT2D eigenvalue weighted by atomic mass is 35.5. The normalized spacial score (nSPS) is 14.4. The third-order valence-corrected chi connectivity index (χ3v) is 5.71. The van der Waals surface area contributed by atoms with E-state index in [1.807, 2.05) is 0 Å². The van der Waals surface area contributed by atoms with E-state index in [0.29, 0.717) is 5.71 Å². The van der Waals surface area contributed by atoms with Gasteiger partial charge in [-0.2, -0.15) is 8.78 Å². The Morgan fingerprint density at radius 1 is 1.12 bits per heavy atom. The lowest BCUT2D eigenvalue weighted by Gasteiger charge is -2.26. The standard InChI is InChI=1S/C25H19ClF3N3O2/c26-19-5-3-4-18(23(19)20-12-16(13-31-20)15-7-9-17(27)10-8-15)24(34)32-22(14-33)25(28,29)21-6-1-2-11-30-21/h1-12,22,33H,13-14H2,(H,32,34)/t22-/m0/s1. The molecule has 0 saturated heterocycles. The van der Waals surface area contributed by atoms with Crippen LogP contribution in [0.3, 0.4) is 0 Å². The van der Waals surface area contributed by atoms with Crippen molar-refractivity contribution in [2.75, 3.05) is 13.2 Å². The molecule has 0 aliphatic carbocycles. The summed E-state index contributed by atoms with van der Waals surface area (Å²) in [6.07, 6.45) is 2.93. The number of pyridine rings is 1. The van der Waals surface area contributed by atoms with Crippen LogP contribution in [0.4, 0.5) is 13.2 Å². The maximum atomic E-state index is 14.9. The number of nitrogens with zero attached hydrogens (tertiary/aromatic N) is 2. The number of amides is 1. The summed E-state index contributed by atoms with van der Waals surface area (Å²) >= 11 is 6.38. The minimum absolute atomic E-state index is 0.0260. The molecular formula is C25H19ClF3N3O2. The predicted octanol–water partition coefficient (Wildman–Crippen LogP) is 4.64. The summed E-state index contributed by atoms with van der Waals surface area (Å²) in [7, 11) is 0. The van der Waals surface area contributed by atoms with Crippen molar-refractivity contribution < 1.29 is 23.1 Å². The molecule has 2 heterocycles. The Hall–Kier alpha value is -3.49. The average Bonchev–Trinajstić information content (AvgIpc) is 3.32. The minimum atomic E-state index is -3.62. The van der Waals surface area contributed by atoms with E-state index in [-0.39, 0.29) is 28.5 Å². The molecule has 9 heteroatoms. The van der Waals surface area contributed by atoms with Crippen molar-refractivity contribution in [2.45, 2.75) is 12.0 Å². The zero-order valence-electron chi connectivity index (χ0n) is 17.7. The minimum Gasteiger partial charge on any atom is -0.394 e. The van der Waals surface area contributed by atoms with Gasteiger partial charge in [0.15, 0.2) is 0 Å². The zero-order chi connectivity index (χ0) is 24.3. The largest absolute Gasteiger partial charge is 0.394 e. The van der Waals surface area contributed by atoms with Crippen LogP contribution in [-0.2, 0) is 5.92 Å². The molecule has 4 rings (SSSR count). The number of aliphatic imine (C=N–C) groups is 1. The first-order chi connectivity index (χ1) is 16.3. The molecule has 0 unspecified atom stereocenters. The van der Waals surface area contributed by atoms with Crippen LogP contribution in [-0.4, -0.2) is 40.9 Å². The summed E-state index contributed by atoms with van der Waals surface area (Å²) in [5.41, 5.74) is 1.67. The molecule has 174 valence electrons. The fraction of sp³-hybridized carbons (Fsp3) is 0.160. The fourth-order valence-electron chi connectivity index (χ4n) is 3.62. The number of benzene rings is 2. The summed E-state index contributed by atoms with van der Waals surface area (Å²) in [5.74, 6) is -4.83. The summed E-state index contributed by atoms with van der Waals surface area (Å²) in [5, 5.41) is 12.0. The van der Waals surface area contributed by atoms with Gasteiger partial charge in [-0.05, 0) is 53.6 Å². The molecule has 5 nitrogen and oxygen atoms in total. The Morgan fingerprint density at radius 2 is 1.88 bits per heavy atom. The van der Waals surface area contributed by atoms with Gasteiger partial charge in [0.1, 0.15) is 17.6 Å². The highest BCUT2D eigenvalue weighted by molar-refractivity contribution is 6.37. The molecular weight excluding hydrogens is 467 g/mol. The number of carbonyl (C=O) groups excluding carboxylic acids is 1. The number of allylic oxidation sites excluding steroid dienone is 1. The van der Waals surface area contributed by atoms with Crippen molar-refractivity contribution in [1.82, 2.24) is 10.3 Å². The Labute approximate surface area is 198 Å². The first-order valence-corrected chi connectivity index (χ1v) is 10.7. The molecule has 0 fully saturated rings. The van der Waals surface area contributed by atoms with E-state index >= 15 is 0 Å². The number of hydrogen-bond acceptors (Lipinski definition) is 4. The molecule has 2 N–H and O–H groups in total. The maximum absolute atomic E-state index is 14.9. The lowest BCUT2D eigenvalue weighted by Crippen LogP contribution is -2.49. The topological polar surface area (TPSA) is 74.6 Å². The molecule has 0 bridgehead atoms. The van der Waals surface area contributed by atoms with Crippen LogP contribution in [0.15, 0.2) is 77.9 Å². The van der Waals surface area contributed by atoms with Gasteiger partial charge in [0.05, 0.1) is 29.4 Å². The molecule has 0 spiro atoms. The van der Waals surface area contributed by atoms with Crippen LogP contribution < -0.4 is 5.32 Å². The van der Waals surface area contributed by atoms with Gasteiger partial charge in [0, 0.05) is 11.8 Å². The van der Waals surface area contributed by atoms with Gasteiger partial charge in [-0.3, -0.25) is 14.8 Å². The van der Waals surface area contributed by atoms with Crippen molar-refractivity contribution >= 4 is 28.8 Å². The quantitative estimate of drug-likeness (QED) is 0.512. The monoisotopic (exact) mass is 485 g/mol. The predicted molar refractivity (Wildman–Crippen MR) is 124 cm³/mol. The van der Waals surface area contributed by atoms with E-state index in [2.05, 4.69) is 15.3 Å². The number of nitrogens with one attached hydrogen (secondary N) is 1. The van der Waals surface area contributed by atoms with Gasteiger partial charge in [0.2, 0.25) is 0 Å². The number of halogens is 4. The lowest BCUT2D eigenvalue weighted by atomic mass is 9.99. The third kappa shape index (κ3) is 4.73. The molecule has 1 amide bonds. The summed E-state index contributed by atoms with van der Waals surface area (Å²) in [6, 6.07) is 12.5. The molecule has 3 aromatic rings. The van der Waals surface area contributed by atoms with Gasteiger partial charge in [-0.15, -0.1) is 0 Å². The van der Waals surface area contributed by atoms with Crippen molar-refractivity contribution in [3.05, 3.63) is 106 Å². The first-order valence-electron chi connectivity index (χ1n) is 10.3. The van der Waals surface area contributed by atoms with Gasteiger partial charge in [-0.1, -0.05) is 35.9 Å². The maximum Gasteiger partial charge on any atom is 0.311 e. The highest BCUT2D eigenvalue weighted by Crippen LogP contribution is 2.31. The summed E-state index contributed by atoms with van der Waals surface area (Å²) in [4.78, 5) is 21.2. The van der Waals surface area contributed by atoms with E-state index in [1.165, 1.54) is 42.6 Å². The number of carbonyl (C=O) groups is 1. The van der Waals surface area contributed by atoms with E-state index < -0.39 is 30.2 Å². The fourth-order valence-corrected chi connectivity index (χ4v) is 3.89. The van der Waals surface area contributed by atoms with Crippen molar-refractivity contribution in [3.63, 3.8) is 0 Å². The third-order valence-electron chi connectivity index (χ3n) is 5.39. The van der Waals surface area contributed by atoms with Crippen LogP contribution in [0.1, 0.15) is 27.2 Å². The van der Waals surface area contributed by atoms with Gasteiger partial charge < -0.3 is 10.4 Å². The van der Waals surface area contributed by atoms with Crippen LogP contribution in [0.2, 0.25) is 5.02 Å². The van der Waals surface area contributed by atoms with Crippen LogP contribution in [0.5, 0.6) is 0 Å². The van der Waals surface area contributed by atoms with E-state index in [1.54, 1.807) is 24.3 Å². The van der Waals surface area contributed by atoms with E-state index in [9.17, 15) is 23.1 Å². The van der Waals surface area contributed by atoms with Crippen LogP contribution in [0.25, 0.3) is 5.57 Å². The van der Waals surface area contributed by atoms with Gasteiger partial charge >= 0.3 is 5.92 Å². The number of alkyl halides is 2. The lowest BCUT2D eigenvalue weighted by molar-refractivity contribution is -0.0603. The Kier molecular flexibility index (Phi) is 6.81. The molecule has 1 atom stereocenters. The Morgan fingerprint density at radius 3 is 2.56 bits per heavy atom. The molecule has 2 aromatic carbocycles. The number of hydrogen-bond donors (Lipinski definition) is 2. The van der Waals surface area contributed by atoms with Gasteiger partial charge in [-0.25, -0.2) is 4.39 Å². The van der Waals surface area contributed by atoms with Crippen molar-refractivity contribution in [1.29, 1.82) is 0 Å². The SMILES string of the molecule is O=C(N[C@@H](CO)C(F)(F)c1ccccn1)c1cccc(Cl)c1C1=NCC(c2ccc(F)cc2)=C1. The summed E-state index contributed by atoms with van der Waals surface area (Å²) < 4.78 is 43.1. The second kappa shape index (κ2) is 9.79. The number of aromatic nitrogens is 1. The van der Waals surface area contributed by atoms with E-state index in [0.717, 1.165) is 17.2 Å². The smallest absolute Gasteiger partial charge is 0.311 e. The second-order valence-electron chi connectivity index (χ2n) is 7.59. The highest BCUT2D eigenvalue weighted by Gasteiger charge is 2.43. The molecule has 1 aromatic heterocycles. The average molecular weight is 486 g/mol. The van der Waals surface area contributed by atoms with Gasteiger partial charge in [0.25, 0.3) is 5.91 Å². The number of rotatable bonds is 7. The molecule has 0 radical (unpaired) electrons. The van der Waals surface area contributed by atoms with Crippen molar-refractivity contribution in [3.8, 4) is 0 Å². The molecule has 1 aliphatic rings.